The zero-order valence-electron chi connectivity index (χ0n) is 5.12. The van der Waals surface area contributed by atoms with Gasteiger partial charge in [-0.25, -0.2) is 0 Å². The minimum atomic E-state index is 0.935. The molecule has 0 spiro atoms. The molecule has 0 N–H and O–H groups in total. The lowest BCUT2D eigenvalue weighted by atomic mass is 10.1. The summed E-state index contributed by atoms with van der Waals surface area (Å²) in [5, 5.41) is 0. The average molecular weight is 116 g/mol. The van der Waals surface area contributed by atoms with Gasteiger partial charge in [0.05, 0.1) is 0 Å². The van der Waals surface area contributed by atoms with Gasteiger partial charge in [-0.15, -0.1) is 0 Å². The van der Waals surface area contributed by atoms with Gasteiger partial charge in [0, 0.05) is 5.92 Å². The van der Waals surface area contributed by atoms with Crippen LogP contribution in [0.4, 0.5) is 0 Å². The number of hydrogen-bond acceptors (Lipinski definition) is 0. The van der Waals surface area contributed by atoms with Crippen molar-refractivity contribution in [3.05, 3.63) is 23.8 Å². The van der Waals surface area contributed by atoms with E-state index in [1.807, 2.05) is 0 Å². The highest BCUT2D eigenvalue weighted by Gasteiger charge is 2.68. The van der Waals surface area contributed by atoms with E-state index in [4.69, 9.17) is 0 Å². The van der Waals surface area contributed by atoms with Crippen LogP contribution in [0.2, 0.25) is 0 Å². The molecule has 4 aliphatic rings. The predicted molar refractivity (Wildman–Crippen MR) is 34.7 cm³/mol. The van der Waals surface area contributed by atoms with E-state index in [1.165, 1.54) is 0 Å². The van der Waals surface area contributed by atoms with E-state index in [2.05, 4.69) is 18.2 Å². The maximum atomic E-state index is 2.55. The molecule has 44 valence electrons. The molecule has 0 aromatic heterocycles. The van der Waals surface area contributed by atoms with E-state index in [9.17, 15) is 0 Å². The quantitative estimate of drug-likeness (QED) is 0.422. The van der Waals surface area contributed by atoms with Crippen molar-refractivity contribution in [3.63, 3.8) is 0 Å². The highest BCUT2D eigenvalue weighted by molar-refractivity contribution is 5.51. The number of hydrogen-bond donors (Lipinski definition) is 0. The molecule has 0 heterocycles. The molecule has 0 aromatic carbocycles. The van der Waals surface area contributed by atoms with Gasteiger partial charge in [-0.3, -0.25) is 0 Å². The summed E-state index contributed by atoms with van der Waals surface area (Å²) in [7, 11) is 0. The monoisotopic (exact) mass is 116 g/mol. The molecule has 9 heavy (non-hydrogen) atoms. The summed E-state index contributed by atoms with van der Waals surface area (Å²) >= 11 is 0. The van der Waals surface area contributed by atoms with Crippen molar-refractivity contribution in [1.82, 2.24) is 0 Å². The molecule has 0 nitrogen and oxygen atoms in total. The highest BCUT2D eigenvalue weighted by atomic mass is 14.7. The lowest BCUT2D eigenvalue weighted by molar-refractivity contribution is 0.635. The summed E-state index contributed by atoms with van der Waals surface area (Å²) in [6.45, 7) is 0. The number of allylic oxidation sites excluding steroid dienone is 4. The Hall–Kier alpha value is -0.520. The molecule has 0 aliphatic heterocycles. The first kappa shape index (κ1) is 3.60. The lowest BCUT2D eigenvalue weighted by Gasteiger charge is -1.95. The summed E-state index contributed by atoms with van der Waals surface area (Å²) in [4.78, 5) is 0. The maximum absolute atomic E-state index is 2.55. The number of fused-ring (bicyclic) bond motifs is 2. The second-order valence-electron chi connectivity index (χ2n) is 3.84. The van der Waals surface area contributed by atoms with Crippen molar-refractivity contribution in [3.8, 4) is 0 Å². The minimum absolute atomic E-state index is 0.935. The van der Waals surface area contributed by atoms with Gasteiger partial charge in [-0.2, -0.15) is 0 Å². The molecular weight excluding hydrogens is 108 g/mol. The molecule has 2 fully saturated rings. The third-order valence-electron chi connectivity index (χ3n) is 3.58. The van der Waals surface area contributed by atoms with Gasteiger partial charge in [0.15, 0.2) is 0 Å². The third kappa shape index (κ3) is 0.213. The molecular formula is C9H8. The summed E-state index contributed by atoms with van der Waals surface area (Å²) in [5.41, 5.74) is 1.79. The first-order valence-electron chi connectivity index (χ1n) is 3.87. The van der Waals surface area contributed by atoms with Crippen LogP contribution >= 0.6 is 0 Å². The van der Waals surface area contributed by atoms with Crippen molar-refractivity contribution in [1.29, 1.82) is 0 Å². The fraction of sp³-hybridized carbons (Fsp3) is 0.556. The molecule has 2 saturated carbocycles. The average Bonchev–Trinajstić information content (AvgIpc) is 2.67. The SMILES string of the molecule is C1=CC2C3C=C4C1C4C23. The van der Waals surface area contributed by atoms with Gasteiger partial charge in [0.25, 0.3) is 0 Å². The van der Waals surface area contributed by atoms with Gasteiger partial charge >= 0.3 is 0 Å². The normalized spacial score (nSPS) is 69.3. The van der Waals surface area contributed by atoms with Crippen LogP contribution < -0.4 is 0 Å². The Morgan fingerprint density at radius 1 is 1.11 bits per heavy atom. The Labute approximate surface area is 54.3 Å². The van der Waals surface area contributed by atoms with Gasteiger partial charge in [-0.1, -0.05) is 23.8 Å². The minimum Gasteiger partial charge on any atom is -0.0839 e. The summed E-state index contributed by atoms with van der Waals surface area (Å²) in [6, 6.07) is 0. The summed E-state index contributed by atoms with van der Waals surface area (Å²) in [6.07, 6.45) is 7.43. The van der Waals surface area contributed by atoms with Gasteiger partial charge < -0.3 is 0 Å². The fourth-order valence-electron chi connectivity index (χ4n) is 3.05. The van der Waals surface area contributed by atoms with E-state index in [1.54, 1.807) is 5.57 Å². The molecule has 0 aromatic rings. The largest absolute Gasteiger partial charge is 0.0839 e. The molecule has 0 heteroatoms. The van der Waals surface area contributed by atoms with Crippen LogP contribution in [-0.4, -0.2) is 0 Å². The molecule has 4 aliphatic carbocycles. The molecule has 0 radical (unpaired) electrons. The van der Waals surface area contributed by atoms with Gasteiger partial charge in [0.2, 0.25) is 0 Å². The molecule has 0 bridgehead atoms. The van der Waals surface area contributed by atoms with Crippen molar-refractivity contribution in [2.24, 2.45) is 29.6 Å². The van der Waals surface area contributed by atoms with Crippen molar-refractivity contribution < 1.29 is 0 Å². The molecule has 0 amide bonds. The number of rotatable bonds is 0. The second kappa shape index (κ2) is 0.749. The zero-order valence-corrected chi connectivity index (χ0v) is 5.12. The first-order valence-corrected chi connectivity index (χ1v) is 3.87. The van der Waals surface area contributed by atoms with E-state index in [0.717, 1.165) is 29.6 Å². The van der Waals surface area contributed by atoms with Crippen molar-refractivity contribution >= 4 is 0 Å². The second-order valence-corrected chi connectivity index (χ2v) is 3.84. The maximum Gasteiger partial charge on any atom is 0.00490 e. The molecule has 5 atom stereocenters. The van der Waals surface area contributed by atoms with Crippen LogP contribution in [0.15, 0.2) is 23.8 Å². The van der Waals surface area contributed by atoms with Crippen molar-refractivity contribution in [2.75, 3.05) is 0 Å². The first-order chi connectivity index (χ1) is 4.47. The zero-order chi connectivity index (χ0) is 5.59. The Morgan fingerprint density at radius 3 is 3.00 bits per heavy atom. The predicted octanol–water partition coefficient (Wildman–Crippen LogP) is 1.60. The summed E-state index contributed by atoms with van der Waals surface area (Å²) < 4.78 is 0. The van der Waals surface area contributed by atoms with Gasteiger partial charge in [0.1, 0.15) is 0 Å². The van der Waals surface area contributed by atoms with E-state index < -0.39 is 0 Å². The van der Waals surface area contributed by atoms with E-state index in [-0.39, 0.29) is 0 Å². The van der Waals surface area contributed by atoms with Crippen LogP contribution in [0.5, 0.6) is 0 Å². The topological polar surface area (TPSA) is 0 Å². The summed E-state index contributed by atoms with van der Waals surface area (Å²) in [5.74, 6) is 5.11. The Balaban J connectivity index is 2.13. The third-order valence-corrected chi connectivity index (χ3v) is 3.58. The van der Waals surface area contributed by atoms with E-state index >= 15 is 0 Å². The van der Waals surface area contributed by atoms with E-state index in [0.29, 0.717) is 0 Å². The smallest absolute Gasteiger partial charge is 0.00490 e. The molecule has 4 rings (SSSR count). The van der Waals surface area contributed by atoms with Crippen LogP contribution in [0, 0.1) is 29.6 Å². The highest BCUT2D eigenvalue weighted by Crippen LogP contribution is 2.74. The van der Waals surface area contributed by atoms with Crippen LogP contribution in [0.25, 0.3) is 0 Å². The van der Waals surface area contributed by atoms with Crippen molar-refractivity contribution in [2.45, 2.75) is 0 Å². The van der Waals surface area contributed by atoms with Crippen LogP contribution in [0.1, 0.15) is 0 Å². The Bertz CT molecular complexity index is 255. The molecule has 0 saturated heterocycles. The molecule has 5 unspecified atom stereocenters. The lowest BCUT2D eigenvalue weighted by Crippen LogP contribution is -1.89. The standard InChI is InChI=1S/C9H8/c1-2-5-7-3-6-4(1)8(6)9(5)7/h1-6,8-9H. The Morgan fingerprint density at radius 2 is 2.11 bits per heavy atom. The Kier molecular flexibility index (Phi) is 0.300. The van der Waals surface area contributed by atoms with Crippen LogP contribution in [-0.2, 0) is 0 Å². The fourth-order valence-corrected chi connectivity index (χ4v) is 3.05. The van der Waals surface area contributed by atoms with Gasteiger partial charge in [-0.05, 0) is 23.7 Å². The van der Waals surface area contributed by atoms with Crippen LogP contribution in [0.3, 0.4) is 0 Å².